The lowest BCUT2D eigenvalue weighted by molar-refractivity contribution is -0.154. The highest BCUT2D eigenvalue weighted by atomic mass is 19.4. The van der Waals surface area contributed by atoms with E-state index in [1.807, 2.05) is 12.1 Å². The Kier molecular flexibility index (Phi) is 4.51. The minimum atomic E-state index is -4.52. The monoisotopic (exact) mass is 347 g/mol. The average molecular weight is 347 g/mol. The highest BCUT2D eigenvalue weighted by molar-refractivity contribution is 6.09. The number of hydrogen-bond donors (Lipinski definition) is 1. The number of nitrogens with zero attached hydrogens (tertiary/aromatic N) is 2. The number of anilines is 1. The Morgan fingerprint density at radius 3 is 2.56 bits per heavy atom. The molecule has 0 spiro atoms. The van der Waals surface area contributed by atoms with Crippen LogP contribution in [0.4, 0.5) is 18.9 Å². The Morgan fingerprint density at radius 2 is 1.76 bits per heavy atom. The van der Waals surface area contributed by atoms with Crippen LogP contribution in [0.2, 0.25) is 0 Å². The Bertz CT molecular complexity index is 908. The van der Waals surface area contributed by atoms with Gasteiger partial charge in [0.25, 0.3) is 5.91 Å². The molecule has 1 N–H and O–H groups in total. The fourth-order valence-corrected chi connectivity index (χ4v) is 2.22. The summed E-state index contributed by atoms with van der Waals surface area (Å²) in [6.45, 7) is -1.53. The molecule has 5 nitrogen and oxygen atoms in total. The molecule has 0 unspecified atom stereocenters. The van der Waals surface area contributed by atoms with Gasteiger partial charge in [-0.05, 0) is 24.3 Å². The quantitative estimate of drug-likeness (QED) is 0.779. The number of benzene rings is 1. The number of halogens is 3. The molecule has 8 heteroatoms. The fourth-order valence-electron chi connectivity index (χ4n) is 2.22. The van der Waals surface area contributed by atoms with E-state index in [9.17, 15) is 18.0 Å². The van der Waals surface area contributed by atoms with Crippen LogP contribution in [0.25, 0.3) is 10.9 Å². The van der Waals surface area contributed by atoms with E-state index >= 15 is 0 Å². The van der Waals surface area contributed by atoms with E-state index in [2.05, 4.69) is 20.0 Å². The zero-order chi connectivity index (χ0) is 17.9. The van der Waals surface area contributed by atoms with Crippen LogP contribution >= 0.6 is 0 Å². The van der Waals surface area contributed by atoms with Gasteiger partial charge in [-0.15, -0.1) is 0 Å². The van der Waals surface area contributed by atoms with Crippen LogP contribution in [0.1, 0.15) is 10.4 Å². The predicted octanol–water partition coefficient (Wildman–Crippen LogP) is 3.82. The lowest BCUT2D eigenvalue weighted by Gasteiger charge is -2.12. The highest BCUT2D eigenvalue weighted by Gasteiger charge is 2.29. The maximum absolute atomic E-state index is 12.5. The number of hydrogen-bond acceptors (Lipinski definition) is 4. The summed E-state index contributed by atoms with van der Waals surface area (Å²) in [6.07, 6.45) is -1.69. The molecule has 0 aliphatic heterocycles. The van der Waals surface area contributed by atoms with Gasteiger partial charge in [0.05, 0.1) is 11.2 Å². The van der Waals surface area contributed by atoms with Crippen LogP contribution < -0.4 is 10.1 Å². The topological polar surface area (TPSA) is 64.1 Å². The van der Waals surface area contributed by atoms with Gasteiger partial charge in [0.15, 0.2) is 6.61 Å². The van der Waals surface area contributed by atoms with Crippen molar-refractivity contribution < 1.29 is 22.7 Å². The molecule has 0 atom stereocenters. The largest absolute Gasteiger partial charge is 0.467 e. The summed E-state index contributed by atoms with van der Waals surface area (Å²) in [5.41, 5.74) is 0.911. The number of carbonyl (C=O) groups is 1. The molecule has 1 amide bonds. The summed E-state index contributed by atoms with van der Waals surface area (Å²) in [7, 11) is 0. The summed E-state index contributed by atoms with van der Waals surface area (Å²) < 4.78 is 41.6. The van der Waals surface area contributed by atoms with Crippen molar-refractivity contribution in [3.63, 3.8) is 0 Å². The van der Waals surface area contributed by atoms with Crippen molar-refractivity contribution in [3.8, 4) is 5.88 Å². The third-order valence-corrected chi connectivity index (χ3v) is 3.27. The Labute approximate surface area is 140 Å². The van der Waals surface area contributed by atoms with Gasteiger partial charge in [0.2, 0.25) is 5.88 Å². The second kappa shape index (κ2) is 6.76. The maximum Gasteiger partial charge on any atom is 0.422 e. The molecule has 1 aromatic carbocycles. The summed E-state index contributed by atoms with van der Waals surface area (Å²) >= 11 is 0. The van der Waals surface area contributed by atoms with E-state index in [0.29, 0.717) is 11.2 Å². The number of fused-ring (bicyclic) bond motifs is 1. The van der Waals surface area contributed by atoms with Crippen molar-refractivity contribution in [1.82, 2.24) is 9.97 Å². The molecule has 0 saturated carbocycles. The summed E-state index contributed by atoms with van der Waals surface area (Å²) in [6, 6.07) is 11.6. The van der Waals surface area contributed by atoms with E-state index in [1.165, 1.54) is 18.3 Å². The second-order valence-corrected chi connectivity index (χ2v) is 5.09. The van der Waals surface area contributed by atoms with E-state index in [4.69, 9.17) is 0 Å². The molecule has 25 heavy (non-hydrogen) atoms. The van der Waals surface area contributed by atoms with E-state index < -0.39 is 18.7 Å². The minimum absolute atomic E-state index is 0.0975. The minimum Gasteiger partial charge on any atom is -0.467 e. The second-order valence-electron chi connectivity index (χ2n) is 5.09. The van der Waals surface area contributed by atoms with Crippen LogP contribution in [0.3, 0.4) is 0 Å². The Morgan fingerprint density at radius 1 is 1.04 bits per heavy atom. The van der Waals surface area contributed by atoms with Crippen LogP contribution in [-0.2, 0) is 0 Å². The molecule has 0 aliphatic rings. The summed E-state index contributed by atoms with van der Waals surface area (Å²) in [4.78, 5) is 20.4. The molecule has 2 heterocycles. The van der Waals surface area contributed by atoms with Crippen molar-refractivity contribution in [3.05, 3.63) is 60.4 Å². The molecule has 0 aliphatic carbocycles. The smallest absolute Gasteiger partial charge is 0.422 e. The first-order valence-electron chi connectivity index (χ1n) is 7.24. The first kappa shape index (κ1) is 16.7. The van der Waals surface area contributed by atoms with Gasteiger partial charge in [0.1, 0.15) is 5.56 Å². The first-order chi connectivity index (χ1) is 11.9. The third-order valence-electron chi connectivity index (χ3n) is 3.27. The molecule has 128 valence electrons. The summed E-state index contributed by atoms with van der Waals surface area (Å²) in [5.74, 6) is -1.02. The van der Waals surface area contributed by atoms with Gasteiger partial charge >= 0.3 is 6.18 Å². The standard InChI is InChI=1S/C17H12F3N3O2/c18-17(19,20)10-25-16-12(6-3-9-22-16)15(24)23-13-7-1-4-11-5-2-8-21-14(11)13/h1-9H,10H2,(H,23,24). The van der Waals surface area contributed by atoms with Gasteiger partial charge in [-0.3, -0.25) is 9.78 Å². The normalized spacial score (nSPS) is 11.3. The number of aromatic nitrogens is 2. The number of pyridine rings is 2. The van der Waals surface area contributed by atoms with Crippen molar-refractivity contribution in [2.75, 3.05) is 11.9 Å². The van der Waals surface area contributed by atoms with Crippen LogP contribution in [0.15, 0.2) is 54.9 Å². The Hall–Kier alpha value is -3.16. The van der Waals surface area contributed by atoms with E-state index in [1.54, 1.807) is 24.4 Å². The fraction of sp³-hybridized carbons (Fsp3) is 0.118. The lowest BCUT2D eigenvalue weighted by atomic mass is 10.2. The lowest BCUT2D eigenvalue weighted by Crippen LogP contribution is -2.22. The van der Waals surface area contributed by atoms with Crippen molar-refractivity contribution in [2.24, 2.45) is 0 Å². The molecule has 2 aromatic heterocycles. The Balaban J connectivity index is 1.86. The maximum atomic E-state index is 12.5. The number of nitrogens with one attached hydrogen (secondary N) is 1. The van der Waals surface area contributed by atoms with Crippen LogP contribution in [-0.4, -0.2) is 28.7 Å². The van der Waals surface area contributed by atoms with Gasteiger partial charge < -0.3 is 10.1 Å². The molecule has 3 aromatic rings. The SMILES string of the molecule is O=C(Nc1cccc2cccnc12)c1cccnc1OCC(F)(F)F. The van der Waals surface area contributed by atoms with Gasteiger partial charge in [-0.2, -0.15) is 13.2 Å². The zero-order valence-corrected chi connectivity index (χ0v) is 12.7. The molecule has 0 radical (unpaired) electrons. The first-order valence-corrected chi connectivity index (χ1v) is 7.24. The molecule has 0 saturated heterocycles. The zero-order valence-electron chi connectivity index (χ0n) is 12.7. The van der Waals surface area contributed by atoms with Crippen LogP contribution in [0, 0.1) is 0 Å². The van der Waals surface area contributed by atoms with Crippen molar-refractivity contribution >= 4 is 22.5 Å². The highest BCUT2D eigenvalue weighted by Crippen LogP contribution is 2.24. The van der Waals surface area contributed by atoms with Crippen molar-refractivity contribution in [1.29, 1.82) is 0 Å². The average Bonchev–Trinajstić information content (AvgIpc) is 2.60. The molecule has 0 bridgehead atoms. The van der Waals surface area contributed by atoms with Crippen LogP contribution in [0.5, 0.6) is 5.88 Å². The van der Waals surface area contributed by atoms with Gasteiger partial charge in [-0.1, -0.05) is 18.2 Å². The number of alkyl halides is 3. The molecular formula is C17H12F3N3O2. The summed E-state index contributed by atoms with van der Waals surface area (Å²) in [5, 5.41) is 3.46. The number of rotatable bonds is 4. The van der Waals surface area contributed by atoms with Gasteiger partial charge in [-0.25, -0.2) is 4.98 Å². The van der Waals surface area contributed by atoms with Crippen molar-refractivity contribution in [2.45, 2.75) is 6.18 Å². The number of ether oxygens (including phenoxy) is 1. The molecule has 3 rings (SSSR count). The van der Waals surface area contributed by atoms with Gasteiger partial charge in [0, 0.05) is 17.8 Å². The number of carbonyl (C=O) groups excluding carboxylic acids is 1. The molecular weight excluding hydrogens is 335 g/mol. The number of amides is 1. The van der Waals surface area contributed by atoms with E-state index in [-0.39, 0.29) is 11.4 Å². The third kappa shape index (κ3) is 4.03. The number of para-hydroxylation sites is 1. The van der Waals surface area contributed by atoms with E-state index in [0.717, 1.165) is 5.39 Å². The molecule has 0 fully saturated rings. The predicted molar refractivity (Wildman–Crippen MR) is 85.5 cm³/mol.